The fourth-order valence-corrected chi connectivity index (χ4v) is 4.39. The first kappa shape index (κ1) is 17.0. The Balaban J connectivity index is 1.30. The molecule has 1 aromatic carbocycles. The molecule has 25 heavy (non-hydrogen) atoms. The van der Waals surface area contributed by atoms with E-state index in [1.807, 2.05) is 24.3 Å². The van der Waals surface area contributed by atoms with Crippen LogP contribution in [-0.2, 0) is 4.74 Å². The van der Waals surface area contributed by atoms with Crippen molar-refractivity contribution in [2.24, 2.45) is 5.92 Å². The van der Waals surface area contributed by atoms with E-state index < -0.39 is 0 Å². The van der Waals surface area contributed by atoms with Crippen LogP contribution in [0.25, 0.3) is 11.1 Å². The predicted octanol–water partition coefficient (Wildman–Crippen LogP) is 4.60. The lowest BCUT2D eigenvalue weighted by Gasteiger charge is -2.33. The number of aromatic nitrogens is 1. The average Bonchev–Trinajstić information content (AvgIpc) is 3.08. The number of hydrogen-bond donors (Lipinski definition) is 0. The Kier molecular flexibility index (Phi) is 5.37. The molecule has 0 radical (unpaired) electrons. The first-order valence-electron chi connectivity index (χ1n) is 9.99. The summed E-state index contributed by atoms with van der Waals surface area (Å²) in [6.07, 6.45) is 8.14. The van der Waals surface area contributed by atoms with E-state index in [4.69, 9.17) is 14.1 Å². The number of hydrogen-bond acceptors (Lipinski definition) is 4. The van der Waals surface area contributed by atoms with Gasteiger partial charge in [-0.25, -0.2) is 4.98 Å². The molecule has 0 bridgehead atoms. The van der Waals surface area contributed by atoms with E-state index in [0.717, 1.165) is 42.6 Å². The van der Waals surface area contributed by atoms with E-state index in [0.29, 0.717) is 12.0 Å². The normalized spacial score (nSPS) is 28.4. The summed E-state index contributed by atoms with van der Waals surface area (Å²) in [5.41, 5.74) is 1.88. The highest BCUT2D eigenvalue weighted by molar-refractivity contribution is 5.72. The molecule has 1 aliphatic heterocycles. The zero-order chi connectivity index (χ0) is 17.1. The topological polar surface area (TPSA) is 38.5 Å². The van der Waals surface area contributed by atoms with E-state index >= 15 is 0 Å². The van der Waals surface area contributed by atoms with Crippen LogP contribution < -0.4 is 0 Å². The van der Waals surface area contributed by atoms with Crippen molar-refractivity contribution >= 4 is 11.1 Å². The van der Waals surface area contributed by atoms with Crippen molar-refractivity contribution in [2.75, 3.05) is 26.2 Å². The molecule has 2 fully saturated rings. The highest BCUT2D eigenvalue weighted by Gasteiger charge is 2.26. The molecule has 136 valence electrons. The first-order valence-corrected chi connectivity index (χ1v) is 9.99. The third kappa shape index (κ3) is 4.06. The zero-order valence-corrected chi connectivity index (χ0v) is 15.3. The number of fused-ring (bicyclic) bond motifs is 1. The van der Waals surface area contributed by atoms with E-state index in [1.165, 1.54) is 45.1 Å². The van der Waals surface area contributed by atoms with Gasteiger partial charge in [0.25, 0.3) is 0 Å². The molecule has 4 heteroatoms. The van der Waals surface area contributed by atoms with Crippen LogP contribution in [0.15, 0.2) is 28.7 Å². The molecular formula is C21H30N2O2. The summed E-state index contributed by atoms with van der Waals surface area (Å²) in [6, 6.07) is 8.06. The van der Waals surface area contributed by atoms with Crippen LogP contribution in [0, 0.1) is 5.92 Å². The van der Waals surface area contributed by atoms with E-state index in [-0.39, 0.29) is 0 Å². The third-order valence-corrected chi connectivity index (χ3v) is 5.94. The fraction of sp³-hybridized carbons (Fsp3) is 0.667. The molecule has 2 heterocycles. The number of likely N-dealkylation sites (tertiary alicyclic amines) is 1. The molecule has 0 spiro atoms. The summed E-state index contributed by atoms with van der Waals surface area (Å²) in [5.74, 6) is 2.05. The van der Waals surface area contributed by atoms with Crippen molar-refractivity contribution in [3.8, 4) is 0 Å². The molecule has 0 N–H and O–H groups in total. The maximum absolute atomic E-state index is 6.21. The number of piperidine rings is 1. The summed E-state index contributed by atoms with van der Waals surface area (Å²) in [5, 5.41) is 0. The minimum absolute atomic E-state index is 0.412. The van der Waals surface area contributed by atoms with Gasteiger partial charge in [0.05, 0.1) is 12.7 Å². The van der Waals surface area contributed by atoms with Crippen molar-refractivity contribution < 1.29 is 9.15 Å². The molecule has 2 aliphatic rings. The third-order valence-electron chi connectivity index (χ3n) is 5.94. The zero-order valence-electron chi connectivity index (χ0n) is 15.3. The molecule has 3 unspecified atom stereocenters. The van der Waals surface area contributed by atoms with Crippen molar-refractivity contribution in [2.45, 2.75) is 57.5 Å². The second kappa shape index (κ2) is 7.88. The van der Waals surface area contributed by atoms with Gasteiger partial charge in [-0.05, 0) is 50.3 Å². The molecule has 1 saturated carbocycles. The summed E-state index contributed by atoms with van der Waals surface area (Å²) in [4.78, 5) is 7.23. The number of ether oxygens (including phenoxy) is 1. The summed E-state index contributed by atoms with van der Waals surface area (Å²) in [6.45, 7) is 6.43. The minimum atomic E-state index is 0.412. The van der Waals surface area contributed by atoms with Crippen molar-refractivity contribution in [3.63, 3.8) is 0 Å². The van der Waals surface area contributed by atoms with Crippen LogP contribution in [0.3, 0.4) is 0 Å². The van der Waals surface area contributed by atoms with Crippen LogP contribution in [-0.4, -0.2) is 42.2 Å². The summed E-state index contributed by atoms with van der Waals surface area (Å²) < 4.78 is 12.2. The quantitative estimate of drug-likeness (QED) is 0.796. The van der Waals surface area contributed by atoms with Crippen LogP contribution in [0.4, 0.5) is 0 Å². The van der Waals surface area contributed by atoms with Crippen LogP contribution >= 0.6 is 0 Å². The van der Waals surface area contributed by atoms with Gasteiger partial charge >= 0.3 is 0 Å². The maximum Gasteiger partial charge on any atom is 0.199 e. The number of nitrogens with zero attached hydrogens (tertiary/aromatic N) is 2. The van der Waals surface area contributed by atoms with Crippen LogP contribution in [0.5, 0.6) is 0 Å². The van der Waals surface area contributed by atoms with E-state index in [2.05, 4.69) is 11.8 Å². The number of para-hydroxylation sites is 2. The predicted molar refractivity (Wildman–Crippen MR) is 99.8 cm³/mol. The molecule has 1 aliphatic carbocycles. The first-order chi connectivity index (χ1) is 12.3. The lowest BCUT2D eigenvalue weighted by molar-refractivity contribution is -0.0162. The van der Waals surface area contributed by atoms with E-state index in [9.17, 15) is 0 Å². The number of rotatable bonds is 5. The Hall–Kier alpha value is -1.39. The largest absolute Gasteiger partial charge is 0.440 e. The van der Waals surface area contributed by atoms with E-state index in [1.54, 1.807) is 0 Å². The second-order valence-electron chi connectivity index (χ2n) is 7.83. The summed E-state index contributed by atoms with van der Waals surface area (Å²) in [7, 11) is 0. The van der Waals surface area contributed by atoms with Gasteiger partial charge in [0.1, 0.15) is 5.52 Å². The van der Waals surface area contributed by atoms with Gasteiger partial charge in [-0.3, -0.25) is 0 Å². The lowest BCUT2D eigenvalue weighted by Crippen LogP contribution is -2.38. The Bertz CT molecular complexity index is 650. The number of benzene rings is 1. The minimum Gasteiger partial charge on any atom is -0.440 e. The molecule has 3 atom stereocenters. The van der Waals surface area contributed by atoms with Crippen molar-refractivity contribution in [3.05, 3.63) is 30.2 Å². The van der Waals surface area contributed by atoms with Gasteiger partial charge in [0.15, 0.2) is 11.5 Å². The van der Waals surface area contributed by atoms with Crippen molar-refractivity contribution in [1.82, 2.24) is 9.88 Å². The monoisotopic (exact) mass is 342 g/mol. The van der Waals surface area contributed by atoms with Gasteiger partial charge in [-0.1, -0.05) is 31.9 Å². The van der Waals surface area contributed by atoms with Gasteiger partial charge in [0.2, 0.25) is 0 Å². The Morgan fingerprint density at radius 3 is 2.92 bits per heavy atom. The smallest absolute Gasteiger partial charge is 0.199 e. The van der Waals surface area contributed by atoms with Gasteiger partial charge < -0.3 is 14.1 Å². The molecule has 0 amide bonds. The maximum atomic E-state index is 6.21. The second-order valence-corrected chi connectivity index (χ2v) is 7.83. The highest BCUT2D eigenvalue weighted by Crippen LogP contribution is 2.29. The van der Waals surface area contributed by atoms with Crippen molar-refractivity contribution in [1.29, 1.82) is 0 Å². The highest BCUT2D eigenvalue weighted by atomic mass is 16.5. The van der Waals surface area contributed by atoms with Crippen LogP contribution in [0.1, 0.15) is 57.3 Å². The van der Waals surface area contributed by atoms with Gasteiger partial charge in [0, 0.05) is 19.0 Å². The summed E-state index contributed by atoms with van der Waals surface area (Å²) >= 11 is 0. The molecule has 1 saturated heterocycles. The molecule has 4 rings (SSSR count). The molecular weight excluding hydrogens is 312 g/mol. The SMILES string of the molecule is CC1CCCCC1OCCN1CCCC(c2nc3ccccc3o2)C1. The molecule has 2 aromatic rings. The Morgan fingerprint density at radius 2 is 2.04 bits per heavy atom. The lowest BCUT2D eigenvalue weighted by atomic mass is 9.88. The number of oxazole rings is 1. The van der Waals surface area contributed by atoms with Crippen LogP contribution in [0.2, 0.25) is 0 Å². The Morgan fingerprint density at radius 1 is 1.16 bits per heavy atom. The molecule has 4 nitrogen and oxygen atoms in total. The standard InChI is InChI=1S/C21H30N2O2/c1-16-7-2-4-10-19(16)24-14-13-23-12-6-8-17(15-23)21-22-18-9-3-5-11-20(18)25-21/h3,5,9,11,16-17,19H,2,4,6-8,10,12-15H2,1H3. The molecule has 1 aromatic heterocycles. The fourth-order valence-electron chi connectivity index (χ4n) is 4.39. The average molecular weight is 342 g/mol. The van der Waals surface area contributed by atoms with Gasteiger partial charge in [-0.15, -0.1) is 0 Å². The van der Waals surface area contributed by atoms with Gasteiger partial charge in [-0.2, -0.15) is 0 Å². The Labute approximate surface area is 150 Å².